The summed E-state index contributed by atoms with van der Waals surface area (Å²) < 4.78 is 6.30. The number of carbonyl (C=O) groups is 1. The molecule has 0 aliphatic carbocycles. The number of amides is 1. The number of anilines is 1. The van der Waals surface area contributed by atoms with Gasteiger partial charge in [-0.25, -0.2) is 0 Å². The summed E-state index contributed by atoms with van der Waals surface area (Å²) in [6, 6.07) is 15.0. The lowest BCUT2D eigenvalue weighted by atomic mass is 9.79. The standard InChI is InChI=1S/C29H40N2O3/c1-21(10-9-13-22-11-5-4-6-12-22)34-25-19-26-29(27(32)20-25)23(15-16-28(33)30(2)3)18-24-14-7-8-17-31(24)26/h4-6,11-12,19-21,23-24,32H,7-10,13-18H2,1-3H3. The quantitative estimate of drug-likeness (QED) is 0.502. The average molecular weight is 465 g/mol. The topological polar surface area (TPSA) is 53.0 Å². The number of fused-ring (bicyclic) bond motifs is 3. The van der Waals surface area contributed by atoms with E-state index < -0.39 is 0 Å². The molecule has 4 rings (SSSR count). The van der Waals surface area contributed by atoms with Gasteiger partial charge < -0.3 is 19.6 Å². The van der Waals surface area contributed by atoms with Gasteiger partial charge in [0.25, 0.3) is 0 Å². The normalized spacial score (nSPS) is 20.3. The predicted octanol–water partition coefficient (Wildman–Crippen LogP) is 5.90. The molecule has 0 saturated carbocycles. The first-order valence-electron chi connectivity index (χ1n) is 13.0. The third-order valence-electron chi connectivity index (χ3n) is 7.47. The van der Waals surface area contributed by atoms with Gasteiger partial charge in [0.05, 0.1) is 6.10 Å². The molecule has 5 heteroatoms. The van der Waals surface area contributed by atoms with Crippen LogP contribution in [0, 0.1) is 0 Å². The Kier molecular flexibility index (Phi) is 8.02. The van der Waals surface area contributed by atoms with Crippen LogP contribution < -0.4 is 9.64 Å². The van der Waals surface area contributed by atoms with Crippen molar-refractivity contribution in [3.8, 4) is 11.5 Å². The highest BCUT2D eigenvalue weighted by molar-refractivity contribution is 5.76. The van der Waals surface area contributed by atoms with Crippen LogP contribution in [-0.2, 0) is 11.2 Å². The minimum absolute atomic E-state index is 0.0791. The lowest BCUT2D eigenvalue weighted by Gasteiger charge is -2.45. The number of ether oxygens (including phenoxy) is 1. The van der Waals surface area contributed by atoms with Crippen molar-refractivity contribution in [2.45, 2.75) is 82.8 Å². The number of rotatable bonds is 9. The van der Waals surface area contributed by atoms with Gasteiger partial charge in [0, 0.05) is 56.5 Å². The summed E-state index contributed by atoms with van der Waals surface area (Å²) in [4.78, 5) is 16.4. The number of carbonyl (C=O) groups excluding carboxylic acids is 1. The van der Waals surface area contributed by atoms with Crippen LogP contribution >= 0.6 is 0 Å². The molecule has 1 saturated heterocycles. The van der Waals surface area contributed by atoms with Crippen molar-refractivity contribution in [1.82, 2.24) is 4.90 Å². The molecule has 1 fully saturated rings. The zero-order valence-corrected chi connectivity index (χ0v) is 21.0. The maximum Gasteiger partial charge on any atom is 0.222 e. The number of aryl methyl sites for hydroxylation is 1. The highest BCUT2D eigenvalue weighted by Gasteiger charge is 2.36. The highest BCUT2D eigenvalue weighted by atomic mass is 16.5. The number of phenolic OH excluding ortho intramolecular Hbond substituents is 1. The number of hydrogen-bond acceptors (Lipinski definition) is 4. The summed E-state index contributed by atoms with van der Waals surface area (Å²) in [5, 5.41) is 11.1. The number of hydrogen-bond donors (Lipinski definition) is 1. The first-order chi connectivity index (χ1) is 16.4. The summed E-state index contributed by atoms with van der Waals surface area (Å²) in [6.07, 6.45) is 9.08. The fraction of sp³-hybridized carbons (Fsp3) is 0.552. The molecule has 5 nitrogen and oxygen atoms in total. The lowest BCUT2D eigenvalue weighted by molar-refractivity contribution is -0.128. The fourth-order valence-corrected chi connectivity index (χ4v) is 5.64. The largest absolute Gasteiger partial charge is 0.507 e. The molecule has 184 valence electrons. The molecular weight excluding hydrogens is 424 g/mol. The van der Waals surface area contributed by atoms with Crippen LogP contribution in [0.5, 0.6) is 11.5 Å². The molecule has 0 aromatic heterocycles. The average Bonchev–Trinajstić information content (AvgIpc) is 2.82. The monoisotopic (exact) mass is 464 g/mol. The van der Waals surface area contributed by atoms with Crippen LogP contribution in [0.2, 0.25) is 0 Å². The summed E-state index contributed by atoms with van der Waals surface area (Å²) in [7, 11) is 3.62. The first-order valence-corrected chi connectivity index (χ1v) is 13.0. The van der Waals surface area contributed by atoms with Crippen LogP contribution in [0.4, 0.5) is 5.69 Å². The summed E-state index contributed by atoms with van der Waals surface area (Å²) >= 11 is 0. The van der Waals surface area contributed by atoms with E-state index in [1.165, 1.54) is 24.8 Å². The Labute approximate surface area is 204 Å². The zero-order valence-electron chi connectivity index (χ0n) is 21.0. The molecule has 2 aliphatic heterocycles. The summed E-state index contributed by atoms with van der Waals surface area (Å²) in [5.41, 5.74) is 3.48. The Balaban J connectivity index is 1.47. The Hall–Kier alpha value is -2.69. The van der Waals surface area contributed by atoms with Gasteiger partial charge in [-0.05, 0) is 69.8 Å². The van der Waals surface area contributed by atoms with Crippen molar-refractivity contribution in [2.24, 2.45) is 0 Å². The van der Waals surface area contributed by atoms with Gasteiger partial charge in [0.15, 0.2) is 0 Å². The highest BCUT2D eigenvalue weighted by Crippen LogP contribution is 2.49. The minimum Gasteiger partial charge on any atom is -0.507 e. The molecule has 0 spiro atoms. The van der Waals surface area contributed by atoms with Crippen LogP contribution in [0.1, 0.15) is 75.3 Å². The van der Waals surface area contributed by atoms with E-state index in [-0.39, 0.29) is 17.9 Å². The molecule has 0 bridgehead atoms. The Morgan fingerprint density at radius 2 is 2.00 bits per heavy atom. The lowest BCUT2D eigenvalue weighted by Crippen LogP contribution is -2.44. The van der Waals surface area contributed by atoms with Crippen LogP contribution in [0.25, 0.3) is 0 Å². The van der Waals surface area contributed by atoms with E-state index in [1.54, 1.807) is 11.0 Å². The maximum absolute atomic E-state index is 12.3. The second kappa shape index (κ2) is 11.2. The molecule has 2 aromatic carbocycles. The van der Waals surface area contributed by atoms with E-state index in [9.17, 15) is 9.90 Å². The van der Waals surface area contributed by atoms with Crippen molar-refractivity contribution in [2.75, 3.05) is 25.5 Å². The number of nitrogens with zero attached hydrogens (tertiary/aromatic N) is 2. The molecule has 0 radical (unpaired) electrons. The third-order valence-corrected chi connectivity index (χ3v) is 7.47. The minimum atomic E-state index is 0.0791. The number of benzene rings is 2. The van der Waals surface area contributed by atoms with Crippen LogP contribution in [-0.4, -0.2) is 48.7 Å². The van der Waals surface area contributed by atoms with Gasteiger partial charge >= 0.3 is 0 Å². The van der Waals surface area contributed by atoms with Gasteiger partial charge in [-0.15, -0.1) is 0 Å². The Morgan fingerprint density at radius 3 is 2.76 bits per heavy atom. The number of piperidine rings is 1. The molecule has 1 N–H and O–H groups in total. The molecule has 34 heavy (non-hydrogen) atoms. The smallest absolute Gasteiger partial charge is 0.222 e. The van der Waals surface area contributed by atoms with Crippen molar-refractivity contribution < 1.29 is 14.6 Å². The molecule has 2 heterocycles. The predicted molar refractivity (Wildman–Crippen MR) is 138 cm³/mol. The molecule has 3 atom stereocenters. The van der Waals surface area contributed by atoms with E-state index in [1.807, 2.05) is 14.1 Å². The van der Waals surface area contributed by atoms with Gasteiger partial charge in [-0.2, -0.15) is 0 Å². The molecule has 2 aromatic rings. The summed E-state index contributed by atoms with van der Waals surface area (Å²) in [5.74, 6) is 1.42. The second-order valence-electron chi connectivity index (χ2n) is 10.3. The van der Waals surface area contributed by atoms with Crippen molar-refractivity contribution in [3.63, 3.8) is 0 Å². The SMILES string of the molecule is CC(CCCc1ccccc1)Oc1cc(O)c2c(c1)N1CCCCC1CC2CCC(=O)N(C)C. The van der Waals surface area contributed by atoms with E-state index in [4.69, 9.17) is 4.74 Å². The molecule has 3 unspecified atom stereocenters. The second-order valence-corrected chi connectivity index (χ2v) is 10.3. The van der Waals surface area contributed by atoms with Gasteiger partial charge in [-0.1, -0.05) is 30.3 Å². The van der Waals surface area contributed by atoms with E-state index in [0.29, 0.717) is 18.2 Å². The van der Waals surface area contributed by atoms with Gasteiger partial charge in [0.1, 0.15) is 11.5 Å². The zero-order chi connectivity index (χ0) is 24.1. The Morgan fingerprint density at radius 1 is 1.21 bits per heavy atom. The Bertz CT molecular complexity index is 959. The maximum atomic E-state index is 12.3. The number of phenols is 1. The first kappa shape index (κ1) is 24.4. The summed E-state index contributed by atoms with van der Waals surface area (Å²) in [6.45, 7) is 3.14. The fourth-order valence-electron chi connectivity index (χ4n) is 5.64. The van der Waals surface area contributed by atoms with Gasteiger partial charge in [0.2, 0.25) is 5.91 Å². The van der Waals surface area contributed by atoms with Crippen molar-refractivity contribution in [3.05, 3.63) is 53.6 Å². The van der Waals surface area contributed by atoms with E-state index >= 15 is 0 Å². The van der Waals surface area contributed by atoms with Crippen LogP contribution in [0.15, 0.2) is 42.5 Å². The molecule has 1 amide bonds. The third kappa shape index (κ3) is 5.86. The molecule has 2 aliphatic rings. The van der Waals surface area contributed by atoms with E-state index in [2.05, 4.69) is 48.2 Å². The number of aromatic hydroxyl groups is 1. The van der Waals surface area contributed by atoms with Crippen molar-refractivity contribution >= 4 is 11.6 Å². The van der Waals surface area contributed by atoms with Crippen molar-refractivity contribution in [1.29, 1.82) is 0 Å². The van der Waals surface area contributed by atoms with Crippen LogP contribution in [0.3, 0.4) is 0 Å². The van der Waals surface area contributed by atoms with E-state index in [0.717, 1.165) is 55.6 Å². The molecular formula is C29H40N2O3. The van der Waals surface area contributed by atoms with Gasteiger partial charge in [-0.3, -0.25) is 4.79 Å².